The monoisotopic (exact) mass is 238 g/mol. The Labute approximate surface area is 105 Å². The van der Waals surface area contributed by atoms with Gasteiger partial charge in [-0.2, -0.15) is 0 Å². The first kappa shape index (κ1) is 15.8. The number of hydrogen-bond acceptors (Lipinski definition) is 1. The highest BCUT2D eigenvalue weighted by Gasteiger charge is 2.00. The molecule has 2 amide bonds. The van der Waals surface area contributed by atoms with Crippen LogP contribution in [0.15, 0.2) is 23.8 Å². The number of rotatable bonds is 6. The first-order valence-electron chi connectivity index (χ1n) is 6.36. The third-order valence-electron chi connectivity index (χ3n) is 2.03. The zero-order valence-corrected chi connectivity index (χ0v) is 11.7. The van der Waals surface area contributed by atoms with Crippen molar-refractivity contribution in [2.45, 2.75) is 34.6 Å². The summed E-state index contributed by atoms with van der Waals surface area (Å²) >= 11 is 0. The smallest absolute Gasteiger partial charge is 0.315 e. The lowest BCUT2D eigenvalue weighted by Gasteiger charge is -2.08. The van der Waals surface area contributed by atoms with Crippen LogP contribution in [0.1, 0.15) is 34.6 Å². The van der Waals surface area contributed by atoms with E-state index in [1.165, 1.54) is 0 Å². The molecule has 0 aliphatic carbocycles. The topological polar surface area (TPSA) is 41.1 Å². The van der Waals surface area contributed by atoms with Gasteiger partial charge >= 0.3 is 6.03 Å². The first-order valence-corrected chi connectivity index (χ1v) is 6.36. The van der Waals surface area contributed by atoms with Gasteiger partial charge in [0.05, 0.1) is 0 Å². The van der Waals surface area contributed by atoms with Gasteiger partial charge in [-0.3, -0.25) is 0 Å². The molecule has 17 heavy (non-hydrogen) atoms. The molecule has 0 unspecified atom stereocenters. The normalized spacial score (nSPS) is 12.5. The highest BCUT2D eigenvalue weighted by molar-refractivity contribution is 5.74. The molecule has 0 saturated heterocycles. The number of allylic oxidation sites excluding steroid dienone is 2. The van der Waals surface area contributed by atoms with E-state index in [2.05, 4.69) is 56.6 Å². The summed E-state index contributed by atoms with van der Waals surface area (Å²) in [5, 5.41) is 5.56. The van der Waals surface area contributed by atoms with E-state index in [1.807, 2.05) is 6.92 Å². The minimum atomic E-state index is -0.111. The Bertz CT molecular complexity index is 278. The van der Waals surface area contributed by atoms with E-state index in [-0.39, 0.29) is 6.03 Å². The Balaban J connectivity index is 4.36. The van der Waals surface area contributed by atoms with Crippen LogP contribution in [0.3, 0.4) is 0 Å². The highest BCUT2D eigenvalue weighted by atomic mass is 16.2. The molecule has 0 aliphatic rings. The number of amides is 2. The molecule has 98 valence electrons. The molecule has 0 atom stereocenters. The maximum atomic E-state index is 11.3. The number of carbonyl (C=O) groups is 1. The molecule has 0 aromatic heterocycles. The van der Waals surface area contributed by atoms with Crippen molar-refractivity contribution >= 4 is 6.03 Å². The van der Waals surface area contributed by atoms with Crippen molar-refractivity contribution in [2.75, 3.05) is 13.1 Å². The Morgan fingerprint density at radius 3 is 2.24 bits per heavy atom. The molecule has 0 fully saturated rings. The molecular formula is C14H26N2O. The van der Waals surface area contributed by atoms with Crippen molar-refractivity contribution in [3.63, 3.8) is 0 Å². The average Bonchev–Trinajstić information content (AvgIpc) is 2.21. The number of hydrogen-bond donors (Lipinski definition) is 2. The molecule has 0 rings (SSSR count). The van der Waals surface area contributed by atoms with Crippen LogP contribution in [0.2, 0.25) is 0 Å². The number of carbonyl (C=O) groups excluding carboxylic acids is 1. The summed E-state index contributed by atoms with van der Waals surface area (Å²) in [5.41, 5.74) is 1.15. The van der Waals surface area contributed by atoms with E-state index in [9.17, 15) is 4.79 Å². The van der Waals surface area contributed by atoms with Crippen LogP contribution in [0.25, 0.3) is 0 Å². The van der Waals surface area contributed by atoms with E-state index < -0.39 is 0 Å². The minimum Gasteiger partial charge on any atom is -0.338 e. The van der Waals surface area contributed by atoms with Gasteiger partial charge in [0.1, 0.15) is 0 Å². The molecule has 0 radical (unpaired) electrons. The van der Waals surface area contributed by atoms with Gasteiger partial charge < -0.3 is 10.6 Å². The summed E-state index contributed by atoms with van der Waals surface area (Å²) in [5.74, 6) is 1.01. The lowest BCUT2D eigenvalue weighted by Crippen LogP contribution is -2.36. The molecular weight excluding hydrogens is 212 g/mol. The molecule has 0 aliphatic heterocycles. The zero-order chi connectivity index (χ0) is 13.3. The Kier molecular flexibility index (Phi) is 8.20. The minimum absolute atomic E-state index is 0.111. The van der Waals surface area contributed by atoms with E-state index in [1.54, 1.807) is 0 Å². The van der Waals surface area contributed by atoms with Crippen LogP contribution in [-0.2, 0) is 0 Å². The SMILES string of the molecule is CCNC(=O)NCC(/C=C\C(C)C)=C/C(C)C. The maximum Gasteiger partial charge on any atom is 0.315 e. The zero-order valence-electron chi connectivity index (χ0n) is 11.7. The van der Waals surface area contributed by atoms with E-state index in [4.69, 9.17) is 0 Å². The Morgan fingerprint density at radius 2 is 1.76 bits per heavy atom. The standard InChI is InChI=1S/C14H26N2O/c1-6-15-14(17)16-10-13(9-12(4)5)8-7-11(2)3/h7-9,11-12H,6,10H2,1-5H3,(H2,15,16,17)/b8-7-,13-9+. The van der Waals surface area contributed by atoms with Crippen molar-refractivity contribution in [3.05, 3.63) is 23.8 Å². The largest absolute Gasteiger partial charge is 0.338 e. The van der Waals surface area contributed by atoms with Crippen molar-refractivity contribution in [3.8, 4) is 0 Å². The van der Waals surface area contributed by atoms with Crippen molar-refractivity contribution < 1.29 is 4.79 Å². The summed E-state index contributed by atoms with van der Waals surface area (Å²) in [6, 6.07) is -0.111. The predicted molar refractivity (Wildman–Crippen MR) is 74.0 cm³/mol. The molecule has 0 aromatic rings. The Hall–Kier alpha value is -1.25. The molecule has 0 aromatic carbocycles. The second-order valence-electron chi connectivity index (χ2n) is 4.80. The van der Waals surface area contributed by atoms with Crippen LogP contribution in [-0.4, -0.2) is 19.1 Å². The fourth-order valence-corrected chi connectivity index (χ4v) is 1.32. The molecule has 0 heterocycles. The molecule has 0 saturated carbocycles. The van der Waals surface area contributed by atoms with Gasteiger partial charge in [-0.15, -0.1) is 0 Å². The van der Waals surface area contributed by atoms with Gasteiger partial charge in [-0.05, 0) is 24.3 Å². The first-order chi connectivity index (χ1) is 7.95. The fourth-order valence-electron chi connectivity index (χ4n) is 1.32. The van der Waals surface area contributed by atoms with Gasteiger partial charge in [0, 0.05) is 13.1 Å². The maximum absolute atomic E-state index is 11.3. The summed E-state index contributed by atoms with van der Waals surface area (Å²) < 4.78 is 0. The summed E-state index contributed by atoms with van der Waals surface area (Å²) in [4.78, 5) is 11.3. The lowest BCUT2D eigenvalue weighted by molar-refractivity contribution is 0.242. The van der Waals surface area contributed by atoms with Crippen molar-refractivity contribution in [1.82, 2.24) is 10.6 Å². The van der Waals surface area contributed by atoms with Gasteiger partial charge in [-0.25, -0.2) is 4.79 Å². The molecule has 0 spiro atoms. The van der Waals surface area contributed by atoms with Crippen LogP contribution in [0.5, 0.6) is 0 Å². The predicted octanol–water partition coefficient (Wildman–Crippen LogP) is 3.10. The highest BCUT2D eigenvalue weighted by Crippen LogP contribution is 2.05. The number of nitrogens with one attached hydrogen (secondary N) is 2. The lowest BCUT2D eigenvalue weighted by atomic mass is 10.1. The number of urea groups is 1. The summed E-state index contributed by atoms with van der Waals surface area (Å²) in [6.45, 7) is 11.7. The van der Waals surface area contributed by atoms with Crippen LogP contribution in [0, 0.1) is 11.8 Å². The van der Waals surface area contributed by atoms with Crippen molar-refractivity contribution in [2.24, 2.45) is 11.8 Å². The molecule has 3 nitrogen and oxygen atoms in total. The molecule has 0 bridgehead atoms. The Morgan fingerprint density at radius 1 is 1.12 bits per heavy atom. The quantitative estimate of drug-likeness (QED) is 0.686. The van der Waals surface area contributed by atoms with Gasteiger partial charge in [0.25, 0.3) is 0 Å². The summed E-state index contributed by atoms with van der Waals surface area (Å²) in [6.07, 6.45) is 6.41. The average molecular weight is 238 g/mol. The van der Waals surface area contributed by atoms with E-state index in [0.29, 0.717) is 24.9 Å². The van der Waals surface area contributed by atoms with E-state index >= 15 is 0 Å². The second kappa shape index (κ2) is 8.85. The van der Waals surface area contributed by atoms with Crippen LogP contribution < -0.4 is 10.6 Å². The van der Waals surface area contributed by atoms with Gasteiger partial charge in [0.15, 0.2) is 0 Å². The van der Waals surface area contributed by atoms with E-state index in [0.717, 1.165) is 5.57 Å². The third-order valence-corrected chi connectivity index (χ3v) is 2.03. The third kappa shape index (κ3) is 9.67. The van der Waals surface area contributed by atoms with Crippen LogP contribution >= 0.6 is 0 Å². The van der Waals surface area contributed by atoms with Gasteiger partial charge in [0.2, 0.25) is 0 Å². The van der Waals surface area contributed by atoms with Gasteiger partial charge in [-0.1, -0.05) is 45.9 Å². The fraction of sp³-hybridized carbons (Fsp3) is 0.643. The molecule has 3 heteroatoms. The van der Waals surface area contributed by atoms with Crippen LogP contribution in [0.4, 0.5) is 4.79 Å². The summed E-state index contributed by atoms with van der Waals surface area (Å²) in [7, 11) is 0. The second-order valence-corrected chi connectivity index (χ2v) is 4.80. The van der Waals surface area contributed by atoms with Crippen molar-refractivity contribution in [1.29, 1.82) is 0 Å². The molecule has 2 N–H and O–H groups in total.